The molecule has 0 aliphatic rings. The quantitative estimate of drug-likeness (QED) is 0.141. The van der Waals surface area contributed by atoms with Crippen molar-refractivity contribution in [1.29, 1.82) is 0 Å². The van der Waals surface area contributed by atoms with Gasteiger partial charge >= 0.3 is 0 Å². The number of nitrogens with one attached hydrogen (secondary N) is 2. The lowest BCUT2D eigenvalue weighted by Gasteiger charge is -2.23. The van der Waals surface area contributed by atoms with Gasteiger partial charge in [-0.25, -0.2) is 0 Å². The van der Waals surface area contributed by atoms with Gasteiger partial charge < -0.3 is 19.5 Å². The molecule has 41 heavy (non-hydrogen) atoms. The highest BCUT2D eigenvalue weighted by atomic mass is 35.5. The van der Waals surface area contributed by atoms with Crippen molar-refractivity contribution in [1.82, 2.24) is 10.3 Å². The van der Waals surface area contributed by atoms with Gasteiger partial charge in [0.05, 0.1) is 22.8 Å². The highest BCUT2D eigenvalue weighted by Gasteiger charge is 2.24. The van der Waals surface area contributed by atoms with Crippen LogP contribution in [0.25, 0.3) is 0 Å². The number of H-pyrrole nitrogens is 1. The van der Waals surface area contributed by atoms with Crippen molar-refractivity contribution in [2.24, 2.45) is 5.92 Å². The predicted molar refractivity (Wildman–Crippen MR) is 166 cm³/mol. The molecule has 0 radical (unpaired) electrons. The third-order valence-corrected chi connectivity index (χ3v) is 8.05. The molecule has 2 atom stereocenters. The SMILES string of the molecule is CC(C)CC(Cc1cc[nH]c1C(CC(=O)CSCc1ccco1)c1ccccc1)NC(=O)COc1ccccc1Cl. The summed E-state index contributed by atoms with van der Waals surface area (Å²) in [7, 11) is 0. The molecule has 0 saturated carbocycles. The summed E-state index contributed by atoms with van der Waals surface area (Å²) in [5.41, 5.74) is 3.18. The third kappa shape index (κ3) is 9.58. The van der Waals surface area contributed by atoms with Crippen LogP contribution in [0.1, 0.15) is 55.2 Å². The molecular formula is C33H37ClN2O4S. The molecule has 4 aromatic rings. The molecule has 0 aliphatic carbocycles. The number of Topliss-reactive ketones (excluding diaryl/α,β-unsaturated/α-hetero) is 1. The van der Waals surface area contributed by atoms with Crippen molar-refractivity contribution in [2.75, 3.05) is 12.4 Å². The van der Waals surface area contributed by atoms with Gasteiger partial charge in [-0.05, 0) is 60.2 Å². The second-order valence-electron chi connectivity index (χ2n) is 10.5. The summed E-state index contributed by atoms with van der Waals surface area (Å²) in [6, 6.07) is 23.0. The second kappa shape index (κ2) is 15.5. The van der Waals surface area contributed by atoms with Gasteiger partial charge in [0.1, 0.15) is 17.3 Å². The number of benzene rings is 2. The minimum atomic E-state index is -0.198. The van der Waals surface area contributed by atoms with E-state index in [1.165, 1.54) is 0 Å². The summed E-state index contributed by atoms with van der Waals surface area (Å²) in [6.07, 6.45) is 5.40. The van der Waals surface area contributed by atoms with Gasteiger partial charge in [0.2, 0.25) is 0 Å². The molecule has 1 amide bonds. The Morgan fingerprint density at radius 2 is 1.80 bits per heavy atom. The number of hydrogen-bond acceptors (Lipinski definition) is 5. The van der Waals surface area contributed by atoms with Crippen LogP contribution < -0.4 is 10.1 Å². The molecular weight excluding hydrogens is 556 g/mol. The van der Waals surface area contributed by atoms with Gasteiger partial charge in [0, 0.05) is 30.3 Å². The number of carbonyl (C=O) groups is 2. The van der Waals surface area contributed by atoms with E-state index in [0.29, 0.717) is 41.0 Å². The number of ether oxygens (including phenoxy) is 1. The Labute approximate surface area is 251 Å². The maximum atomic E-state index is 13.1. The number of hydrogen-bond donors (Lipinski definition) is 2. The Morgan fingerprint density at radius 1 is 1.02 bits per heavy atom. The van der Waals surface area contributed by atoms with Crippen molar-refractivity contribution in [3.05, 3.63) is 113 Å². The van der Waals surface area contributed by atoms with Crippen LogP contribution in [0.2, 0.25) is 5.02 Å². The van der Waals surface area contributed by atoms with Gasteiger partial charge in [-0.1, -0.05) is 67.9 Å². The van der Waals surface area contributed by atoms with Crippen LogP contribution >= 0.6 is 23.4 Å². The van der Waals surface area contributed by atoms with E-state index in [-0.39, 0.29) is 30.3 Å². The van der Waals surface area contributed by atoms with Crippen LogP contribution in [0.5, 0.6) is 5.75 Å². The Balaban J connectivity index is 1.44. The lowest BCUT2D eigenvalue weighted by molar-refractivity contribution is -0.124. The van der Waals surface area contributed by atoms with E-state index in [9.17, 15) is 9.59 Å². The van der Waals surface area contributed by atoms with Crippen LogP contribution in [0.15, 0.2) is 89.7 Å². The van der Waals surface area contributed by atoms with E-state index < -0.39 is 0 Å². The zero-order valence-electron chi connectivity index (χ0n) is 23.5. The number of rotatable bonds is 16. The van der Waals surface area contributed by atoms with Crippen LogP contribution in [0, 0.1) is 5.92 Å². The van der Waals surface area contributed by atoms with E-state index in [1.54, 1.807) is 30.2 Å². The lowest BCUT2D eigenvalue weighted by atomic mass is 9.87. The summed E-state index contributed by atoms with van der Waals surface area (Å²) in [6.45, 7) is 4.17. The maximum Gasteiger partial charge on any atom is 0.258 e. The summed E-state index contributed by atoms with van der Waals surface area (Å²) >= 11 is 7.74. The van der Waals surface area contributed by atoms with E-state index in [2.05, 4.69) is 42.3 Å². The molecule has 4 rings (SSSR count). The zero-order chi connectivity index (χ0) is 29.0. The topological polar surface area (TPSA) is 84.3 Å². The van der Waals surface area contributed by atoms with Crippen LogP contribution in [0.4, 0.5) is 0 Å². The van der Waals surface area contributed by atoms with E-state index in [0.717, 1.165) is 29.0 Å². The average molecular weight is 593 g/mol. The Morgan fingerprint density at radius 3 is 2.54 bits per heavy atom. The number of aromatic amines is 1. The third-order valence-electron chi connectivity index (χ3n) is 6.72. The lowest BCUT2D eigenvalue weighted by Crippen LogP contribution is -2.40. The van der Waals surface area contributed by atoms with Gasteiger partial charge in [-0.2, -0.15) is 0 Å². The first kappa shape index (κ1) is 30.5. The van der Waals surface area contributed by atoms with Crippen molar-refractivity contribution in [2.45, 2.75) is 50.8 Å². The minimum Gasteiger partial charge on any atom is -0.482 e. The number of carbonyl (C=O) groups excluding carboxylic acids is 2. The summed E-state index contributed by atoms with van der Waals surface area (Å²) in [4.78, 5) is 29.4. The molecule has 0 aliphatic heterocycles. The number of para-hydroxylation sites is 1. The molecule has 0 spiro atoms. The number of furan rings is 1. The summed E-state index contributed by atoms with van der Waals surface area (Å²) in [5.74, 6) is 2.67. The van der Waals surface area contributed by atoms with Crippen molar-refractivity contribution < 1.29 is 18.7 Å². The zero-order valence-corrected chi connectivity index (χ0v) is 25.0. The molecule has 2 N–H and O–H groups in total. The van der Waals surface area contributed by atoms with Crippen LogP contribution in [-0.2, 0) is 21.8 Å². The van der Waals surface area contributed by atoms with Crippen molar-refractivity contribution >= 4 is 35.1 Å². The number of thioether (sulfide) groups is 1. The van der Waals surface area contributed by atoms with Gasteiger partial charge in [0.15, 0.2) is 6.61 Å². The standard InChI is InChI=1S/C33H37ClN2O4S/c1-23(2)17-26(36-32(38)20-40-31-13-7-6-12-30(31)34)18-25-14-15-35-33(25)29(24-9-4-3-5-10-24)19-27(37)21-41-22-28-11-8-16-39-28/h3-16,23,26,29,35H,17-22H2,1-2H3,(H,36,38). The number of ketones is 1. The van der Waals surface area contributed by atoms with E-state index in [4.69, 9.17) is 20.8 Å². The first-order valence-electron chi connectivity index (χ1n) is 13.9. The molecule has 6 nitrogen and oxygen atoms in total. The van der Waals surface area contributed by atoms with E-state index in [1.807, 2.05) is 48.7 Å². The summed E-state index contributed by atoms with van der Waals surface area (Å²) < 4.78 is 11.1. The Kier molecular flexibility index (Phi) is 11.6. The normalized spacial score (nSPS) is 12.7. The van der Waals surface area contributed by atoms with Crippen LogP contribution in [-0.4, -0.2) is 35.1 Å². The monoisotopic (exact) mass is 592 g/mol. The fourth-order valence-electron chi connectivity index (χ4n) is 4.94. The molecule has 2 aromatic heterocycles. The second-order valence-corrected chi connectivity index (χ2v) is 11.9. The number of halogens is 1. The fourth-order valence-corrected chi connectivity index (χ4v) is 5.94. The molecule has 0 bridgehead atoms. The van der Waals surface area contributed by atoms with Crippen LogP contribution in [0.3, 0.4) is 0 Å². The first-order valence-corrected chi connectivity index (χ1v) is 15.4. The van der Waals surface area contributed by atoms with Crippen molar-refractivity contribution in [3.63, 3.8) is 0 Å². The highest BCUT2D eigenvalue weighted by Crippen LogP contribution is 2.31. The molecule has 2 unspecified atom stereocenters. The van der Waals surface area contributed by atoms with Gasteiger partial charge in [-0.15, -0.1) is 11.8 Å². The highest BCUT2D eigenvalue weighted by molar-refractivity contribution is 7.99. The molecule has 2 heterocycles. The number of aromatic nitrogens is 1. The predicted octanol–water partition coefficient (Wildman–Crippen LogP) is 7.44. The van der Waals surface area contributed by atoms with Gasteiger partial charge in [0.25, 0.3) is 5.91 Å². The largest absolute Gasteiger partial charge is 0.482 e. The Bertz CT molecular complexity index is 1370. The molecule has 0 fully saturated rings. The Hall–Kier alpha value is -3.42. The smallest absolute Gasteiger partial charge is 0.258 e. The fraction of sp³-hybridized carbons (Fsp3) is 0.333. The molecule has 216 valence electrons. The average Bonchev–Trinajstić information content (AvgIpc) is 3.64. The van der Waals surface area contributed by atoms with E-state index >= 15 is 0 Å². The molecule has 0 saturated heterocycles. The number of amides is 1. The maximum absolute atomic E-state index is 13.1. The molecule has 8 heteroatoms. The first-order chi connectivity index (χ1) is 19.9. The van der Waals surface area contributed by atoms with Gasteiger partial charge in [-0.3, -0.25) is 9.59 Å². The minimum absolute atomic E-state index is 0.0946. The summed E-state index contributed by atoms with van der Waals surface area (Å²) in [5, 5.41) is 3.63. The van der Waals surface area contributed by atoms with Crippen molar-refractivity contribution in [3.8, 4) is 5.75 Å². The molecule has 2 aromatic carbocycles.